The lowest BCUT2D eigenvalue weighted by Crippen LogP contribution is -2.29. The summed E-state index contributed by atoms with van der Waals surface area (Å²) < 4.78 is 0.958. The van der Waals surface area contributed by atoms with Crippen LogP contribution >= 0.6 is 22.6 Å². The van der Waals surface area contributed by atoms with Gasteiger partial charge < -0.3 is 4.90 Å². The first-order chi connectivity index (χ1) is 9.56. The van der Waals surface area contributed by atoms with Crippen LogP contribution in [0.15, 0.2) is 42.5 Å². The van der Waals surface area contributed by atoms with E-state index in [4.69, 9.17) is 0 Å². The van der Waals surface area contributed by atoms with Crippen molar-refractivity contribution in [1.29, 1.82) is 0 Å². The van der Waals surface area contributed by atoms with Crippen LogP contribution < -0.4 is 4.90 Å². The van der Waals surface area contributed by atoms with Crippen LogP contribution in [0.5, 0.6) is 0 Å². The van der Waals surface area contributed by atoms with Gasteiger partial charge in [0.15, 0.2) is 0 Å². The molecule has 1 aliphatic rings. The van der Waals surface area contributed by atoms with E-state index in [-0.39, 0.29) is 0 Å². The van der Waals surface area contributed by atoms with E-state index in [0.717, 1.165) is 9.13 Å². The molecular weight excluding hydrogens is 365 g/mol. The molecular formula is C16H12INO2. The molecule has 1 aliphatic heterocycles. The maximum Gasteiger partial charge on any atom is 0.299 e. The monoisotopic (exact) mass is 377 g/mol. The molecule has 0 atom stereocenters. The second kappa shape index (κ2) is 5.01. The SMILES string of the molecule is Cc1ccc(CN2C(=O)C(=O)c3cc(I)ccc32)cc1. The van der Waals surface area contributed by atoms with E-state index in [1.54, 1.807) is 11.0 Å². The summed E-state index contributed by atoms with van der Waals surface area (Å²) >= 11 is 2.14. The number of hydrogen-bond donors (Lipinski definition) is 0. The maximum atomic E-state index is 12.1. The van der Waals surface area contributed by atoms with Crippen molar-refractivity contribution in [1.82, 2.24) is 0 Å². The smallest absolute Gasteiger partial charge is 0.299 e. The lowest BCUT2D eigenvalue weighted by atomic mass is 10.1. The number of rotatable bonds is 2. The topological polar surface area (TPSA) is 37.4 Å². The summed E-state index contributed by atoms with van der Waals surface area (Å²) in [5.41, 5.74) is 3.41. The highest BCUT2D eigenvalue weighted by atomic mass is 127. The maximum absolute atomic E-state index is 12.1. The molecule has 1 heterocycles. The van der Waals surface area contributed by atoms with E-state index in [1.165, 1.54) is 5.56 Å². The Labute approximate surface area is 130 Å². The minimum atomic E-state index is -0.442. The molecule has 4 heteroatoms. The normalized spacial score (nSPS) is 13.8. The van der Waals surface area contributed by atoms with E-state index in [1.807, 2.05) is 43.3 Å². The third kappa shape index (κ3) is 2.24. The number of benzene rings is 2. The Balaban J connectivity index is 1.97. The summed E-state index contributed by atoms with van der Waals surface area (Å²) in [6.45, 7) is 2.45. The highest BCUT2D eigenvalue weighted by molar-refractivity contribution is 14.1. The molecule has 0 saturated heterocycles. The minimum Gasteiger partial charge on any atom is -0.300 e. The van der Waals surface area contributed by atoms with Crippen molar-refractivity contribution in [3.8, 4) is 0 Å². The summed E-state index contributed by atoms with van der Waals surface area (Å²) in [6, 6.07) is 13.5. The molecule has 1 amide bonds. The van der Waals surface area contributed by atoms with Crippen LogP contribution in [0.25, 0.3) is 0 Å². The summed E-state index contributed by atoms with van der Waals surface area (Å²) in [5.74, 6) is -0.854. The second-order valence-electron chi connectivity index (χ2n) is 4.87. The van der Waals surface area contributed by atoms with Crippen molar-refractivity contribution in [3.05, 3.63) is 62.7 Å². The second-order valence-corrected chi connectivity index (χ2v) is 6.11. The van der Waals surface area contributed by atoms with Crippen LogP contribution in [-0.2, 0) is 11.3 Å². The number of nitrogens with zero attached hydrogens (tertiary/aromatic N) is 1. The molecule has 3 rings (SSSR count). The van der Waals surface area contributed by atoms with Gasteiger partial charge in [-0.05, 0) is 53.3 Å². The van der Waals surface area contributed by atoms with Gasteiger partial charge in [-0.25, -0.2) is 0 Å². The molecule has 0 saturated carbocycles. The van der Waals surface area contributed by atoms with Crippen molar-refractivity contribution in [2.75, 3.05) is 4.90 Å². The van der Waals surface area contributed by atoms with E-state index >= 15 is 0 Å². The Morgan fingerprint density at radius 3 is 2.45 bits per heavy atom. The fourth-order valence-corrected chi connectivity index (χ4v) is 2.80. The van der Waals surface area contributed by atoms with Gasteiger partial charge in [0.25, 0.3) is 11.7 Å². The van der Waals surface area contributed by atoms with Gasteiger partial charge in [-0.15, -0.1) is 0 Å². The summed E-state index contributed by atoms with van der Waals surface area (Å²) in [4.78, 5) is 25.7. The number of Topliss-reactive ketones (excluding diaryl/α,β-unsaturated/α-hetero) is 1. The Morgan fingerprint density at radius 1 is 1.05 bits per heavy atom. The van der Waals surface area contributed by atoms with Crippen molar-refractivity contribution >= 4 is 40.0 Å². The van der Waals surface area contributed by atoms with Gasteiger partial charge in [-0.1, -0.05) is 29.8 Å². The fourth-order valence-electron chi connectivity index (χ4n) is 2.31. The molecule has 2 aromatic carbocycles. The molecule has 3 nitrogen and oxygen atoms in total. The van der Waals surface area contributed by atoms with Gasteiger partial charge in [-0.3, -0.25) is 9.59 Å². The van der Waals surface area contributed by atoms with Gasteiger partial charge in [-0.2, -0.15) is 0 Å². The number of hydrogen-bond acceptors (Lipinski definition) is 2. The molecule has 0 aliphatic carbocycles. The molecule has 0 fully saturated rings. The molecule has 0 radical (unpaired) electrons. The third-order valence-electron chi connectivity index (χ3n) is 3.39. The van der Waals surface area contributed by atoms with Crippen LogP contribution in [0.1, 0.15) is 21.5 Å². The highest BCUT2D eigenvalue weighted by Gasteiger charge is 2.35. The first-order valence-corrected chi connectivity index (χ1v) is 7.35. The van der Waals surface area contributed by atoms with Crippen LogP contribution in [0.4, 0.5) is 5.69 Å². The van der Waals surface area contributed by atoms with E-state index in [9.17, 15) is 9.59 Å². The number of fused-ring (bicyclic) bond motifs is 1. The van der Waals surface area contributed by atoms with E-state index < -0.39 is 11.7 Å². The first kappa shape index (κ1) is 13.3. The quantitative estimate of drug-likeness (QED) is 0.595. The van der Waals surface area contributed by atoms with Crippen molar-refractivity contribution in [2.45, 2.75) is 13.5 Å². The number of ketones is 1. The molecule has 20 heavy (non-hydrogen) atoms. The van der Waals surface area contributed by atoms with Crippen LogP contribution in [0.3, 0.4) is 0 Å². The van der Waals surface area contributed by atoms with Crippen LogP contribution in [-0.4, -0.2) is 11.7 Å². The number of amides is 1. The molecule has 100 valence electrons. The summed E-state index contributed by atoms with van der Waals surface area (Å²) in [5, 5.41) is 0. The largest absolute Gasteiger partial charge is 0.300 e. The lowest BCUT2D eigenvalue weighted by Gasteiger charge is -2.16. The Hall–Kier alpha value is -1.69. The van der Waals surface area contributed by atoms with Gasteiger partial charge in [0.2, 0.25) is 0 Å². The van der Waals surface area contributed by atoms with Crippen molar-refractivity contribution in [2.24, 2.45) is 0 Å². The molecule has 2 aromatic rings. The molecule has 0 aromatic heterocycles. The molecule has 0 N–H and O–H groups in total. The zero-order valence-corrected chi connectivity index (χ0v) is 13.0. The van der Waals surface area contributed by atoms with E-state index in [2.05, 4.69) is 22.6 Å². The Bertz CT molecular complexity index is 707. The average Bonchev–Trinajstić information content (AvgIpc) is 2.66. The van der Waals surface area contributed by atoms with Gasteiger partial charge in [0.05, 0.1) is 17.8 Å². The van der Waals surface area contributed by atoms with Gasteiger partial charge in [0.1, 0.15) is 0 Å². The Morgan fingerprint density at radius 2 is 1.75 bits per heavy atom. The first-order valence-electron chi connectivity index (χ1n) is 6.27. The van der Waals surface area contributed by atoms with Gasteiger partial charge in [0, 0.05) is 3.57 Å². The van der Waals surface area contributed by atoms with Crippen LogP contribution in [0, 0.1) is 10.5 Å². The highest BCUT2D eigenvalue weighted by Crippen LogP contribution is 2.31. The summed E-state index contributed by atoms with van der Waals surface area (Å²) in [6.07, 6.45) is 0. The van der Waals surface area contributed by atoms with E-state index in [0.29, 0.717) is 17.8 Å². The number of aryl methyl sites for hydroxylation is 1. The standard InChI is InChI=1S/C16H12INO2/c1-10-2-4-11(5-3-10)9-18-14-7-6-12(17)8-13(14)15(19)16(18)20/h2-8H,9H2,1H3. The van der Waals surface area contributed by atoms with Crippen molar-refractivity contribution in [3.63, 3.8) is 0 Å². The number of halogens is 1. The molecule has 0 spiro atoms. The predicted octanol–water partition coefficient (Wildman–Crippen LogP) is 3.33. The third-order valence-corrected chi connectivity index (χ3v) is 4.07. The number of carbonyl (C=O) groups is 2. The Kier molecular flexibility index (Phi) is 3.33. The molecule has 0 unspecified atom stereocenters. The zero-order valence-electron chi connectivity index (χ0n) is 10.9. The zero-order chi connectivity index (χ0) is 14.3. The predicted molar refractivity (Wildman–Crippen MR) is 85.9 cm³/mol. The number of carbonyl (C=O) groups excluding carboxylic acids is 2. The average molecular weight is 377 g/mol. The minimum absolute atomic E-state index is 0.411. The lowest BCUT2D eigenvalue weighted by molar-refractivity contribution is -0.114. The van der Waals surface area contributed by atoms with Gasteiger partial charge >= 0.3 is 0 Å². The molecule has 0 bridgehead atoms. The number of anilines is 1. The summed E-state index contributed by atoms with van der Waals surface area (Å²) in [7, 11) is 0. The van der Waals surface area contributed by atoms with Crippen molar-refractivity contribution < 1.29 is 9.59 Å². The van der Waals surface area contributed by atoms with Crippen LogP contribution in [0.2, 0.25) is 0 Å². The fraction of sp³-hybridized carbons (Fsp3) is 0.125.